The number of urea groups is 1. The molecule has 158 valence electrons. The molecule has 0 radical (unpaired) electrons. The van der Waals surface area contributed by atoms with Gasteiger partial charge in [0.05, 0.1) is 6.54 Å². The Bertz CT molecular complexity index is 1320. The van der Waals surface area contributed by atoms with Gasteiger partial charge in [0.15, 0.2) is 0 Å². The lowest BCUT2D eigenvalue weighted by Crippen LogP contribution is -2.41. The number of benzene rings is 2. The molecule has 6 nitrogen and oxygen atoms in total. The van der Waals surface area contributed by atoms with E-state index in [2.05, 4.69) is 11.4 Å². The highest BCUT2D eigenvalue weighted by molar-refractivity contribution is 6.07. The number of imide groups is 1. The maximum Gasteiger partial charge on any atom is 0.336 e. The van der Waals surface area contributed by atoms with Gasteiger partial charge in [-0.1, -0.05) is 30.3 Å². The zero-order valence-electron chi connectivity index (χ0n) is 17.9. The molecule has 1 atom stereocenters. The van der Waals surface area contributed by atoms with Crippen LogP contribution < -0.4 is 10.9 Å². The normalized spacial score (nSPS) is 20.4. The summed E-state index contributed by atoms with van der Waals surface area (Å²) in [5, 5.41) is 3.61. The Labute approximate surface area is 179 Å². The third-order valence-electron chi connectivity index (χ3n) is 6.80. The van der Waals surface area contributed by atoms with Gasteiger partial charge in [-0.15, -0.1) is 0 Å². The number of nitrogens with one attached hydrogen (secondary N) is 1. The van der Waals surface area contributed by atoms with E-state index in [-0.39, 0.29) is 12.5 Å². The monoisotopic (exact) mass is 416 g/mol. The van der Waals surface area contributed by atoms with Gasteiger partial charge >= 0.3 is 11.7 Å². The molecule has 0 spiro atoms. The summed E-state index contributed by atoms with van der Waals surface area (Å²) in [5.74, 6) is -0.319. The molecule has 1 N–H and O–H groups in total. The van der Waals surface area contributed by atoms with Crippen molar-refractivity contribution in [3.8, 4) is 0 Å². The fraction of sp³-hybridized carbons (Fsp3) is 0.320. The molecule has 2 aromatic carbocycles. The van der Waals surface area contributed by atoms with Crippen LogP contribution in [-0.4, -0.2) is 16.8 Å². The molecule has 1 saturated heterocycles. The van der Waals surface area contributed by atoms with Crippen LogP contribution in [0.15, 0.2) is 45.6 Å². The van der Waals surface area contributed by atoms with Crippen molar-refractivity contribution in [3.63, 3.8) is 0 Å². The molecule has 1 fully saturated rings. The quantitative estimate of drug-likeness (QED) is 0.519. The predicted octanol–water partition coefficient (Wildman–Crippen LogP) is 3.87. The van der Waals surface area contributed by atoms with Gasteiger partial charge in [-0.3, -0.25) is 9.69 Å². The van der Waals surface area contributed by atoms with Crippen LogP contribution in [0.1, 0.15) is 46.7 Å². The zero-order valence-corrected chi connectivity index (χ0v) is 17.9. The molecule has 2 heterocycles. The van der Waals surface area contributed by atoms with Crippen LogP contribution in [0.25, 0.3) is 11.0 Å². The maximum absolute atomic E-state index is 13.4. The highest BCUT2D eigenvalue weighted by Gasteiger charge is 2.49. The Kier molecular flexibility index (Phi) is 4.29. The maximum atomic E-state index is 13.4. The standard InChI is InChI=1S/C25H24N2O4/c1-14-7-10-20-18(12-21(28)31-22(20)15(14)2)13-27-23(29)25(3,26-24(27)30)19-9-8-16-5-4-6-17(16)11-19/h7-12H,4-6,13H2,1-3H3,(H,26,30)/t25-/m0/s1. The first-order valence-electron chi connectivity index (χ1n) is 10.6. The zero-order chi connectivity index (χ0) is 21.9. The summed E-state index contributed by atoms with van der Waals surface area (Å²) >= 11 is 0. The lowest BCUT2D eigenvalue weighted by molar-refractivity contribution is -0.131. The van der Waals surface area contributed by atoms with Crippen molar-refractivity contribution in [1.29, 1.82) is 0 Å². The minimum atomic E-state index is -1.13. The molecule has 1 aromatic heterocycles. The first-order chi connectivity index (χ1) is 14.8. The molecule has 31 heavy (non-hydrogen) atoms. The second-order valence-corrected chi connectivity index (χ2v) is 8.76. The van der Waals surface area contributed by atoms with Gasteiger partial charge in [0.25, 0.3) is 5.91 Å². The highest BCUT2D eigenvalue weighted by atomic mass is 16.4. The highest BCUT2D eigenvalue weighted by Crippen LogP contribution is 2.34. The summed E-state index contributed by atoms with van der Waals surface area (Å²) in [7, 11) is 0. The van der Waals surface area contributed by atoms with E-state index in [4.69, 9.17) is 4.42 Å². The minimum Gasteiger partial charge on any atom is -0.422 e. The Morgan fingerprint density at radius 2 is 1.81 bits per heavy atom. The van der Waals surface area contributed by atoms with Crippen molar-refractivity contribution < 1.29 is 14.0 Å². The van der Waals surface area contributed by atoms with E-state index in [1.54, 1.807) is 6.92 Å². The van der Waals surface area contributed by atoms with Gasteiger partial charge in [0, 0.05) is 11.5 Å². The molecule has 5 rings (SSSR count). The molecule has 0 unspecified atom stereocenters. The van der Waals surface area contributed by atoms with Crippen LogP contribution >= 0.6 is 0 Å². The average molecular weight is 416 g/mol. The van der Waals surface area contributed by atoms with Gasteiger partial charge < -0.3 is 9.73 Å². The summed E-state index contributed by atoms with van der Waals surface area (Å²) in [4.78, 5) is 39.7. The van der Waals surface area contributed by atoms with E-state index >= 15 is 0 Å². The largest absolute Gasteiger partial charge is 0.422 e. The molecule has 6 heteroatoms. The molecule has 1 aliphatic heterocycles. The predicted molar refractivity (Wildman–Crippen MR) is 117 cm³/mol. The van der Waals surface area contributed by atoms with Crippen LogP contribution in [0.4, 0.5) is 4.79 Å². The van der Waals surface area contributed by atoms with E-state index in [0.717, 1.165) is 41.3 Å². The number of nitrogens with zero attached hydrogens (tertiary/aromatic N) is 1. The number of aryl methyl sites for hydroxylation is 4. The number of amides is 3. The summed E-state index contributed by atoms with van der Waals surface area (Å²) in [5.41, 5.74) is 4.69. The van der Waals surface area contributed by atoms with Crippen molar-refractivity contribution in [2.45, 2.75) is 52.1 Å². The summed E-state index contributed by atoms with van der Waals surface area (Å²) in [6, 6.07) is 10.8. The van der Waals surface area contributed by atoms with E-state index < -0.39 is 17.2 Å². The number of hydrogen-bond acceptors (Lipinski definition) is 4. The van der Waals surface area contributed by atoms with E-state index in [9.17, 15) is 14.4 Å². The van der Waals surface area contributed by atoms with Crippen molar-refractivity contribution in [3.05, 3.63) is 80.2 Å². The summed E-state index contributed by atoms with van der Waals surface area (Å²) < 4.78 is 5.43. The third kappa shape index (κ3) is 2.97. The molecule has 3 aromatic rings. The van der Waals surface area contributed by atoms with Gasteiger partial charge in [-0.2, -0.15) is 0 Å². The first-order valence-corrected chi connectivity index (χ1v) is 10.6. The van der Waals surface area contributed by atoms with Crippen molar-refractivity contribution in [1.82, 2.24) is 10.2 Å². The van der Waals surface area contributed by atoms with Crippen molar-refractivity contribution in [2.75, 3.05) is 0 Å². The summed E-state index contributed by atoms with van der Waals surface area (Å²) in [6.07, 6.45) is 3.17. The second kappa shape index (κ2) is 6.80. The lowest BCUT2D eigenvalue weighted by atomic mass is 9.89. The molecule has 0 bridgehead atoms. The van der Waals surface area contributed by atoms with Crippen LogP contribution in [-0.2, 0) is 29.7 Å². The van der Waals surface area contributed by atoms with Gasteiger partial charge in [-0.05, 0) is 73.4 Å². The van der Waals surface area contributed by atoms with E-state index in [1.165, 1.54) is 22.1 Å². The topological polar surface area (TPSA) is 79.6 Å². The number of carbonyl (C=O) groups is 2. The third-order valence-corrected chi connectivity index (χ3v) is 6.80. The number of carbonyl (C=O) groups excluding carboxylic acids is 2. The molecule has 2 aliphatic rings. The fourth-order valence-corrected chi connectivity index (χ4v) is 4.74. The van der Waals surface area contributed by atoms with Crippen LogP contribution in [0, 0.1) is 13.8 Å². The smallest absolute Gasteiger partial charge is 0.336 e. The van der Waals surface area contributed by atoms with Crippen LogP contribution in [0.2, 0.25) is 0 Å². The van der Waals surface area contributed by atoms with E-state index in [1.807, 2.05) is 38.1 Å². The minimum absolute atomic E-state index is 0.00972. The lowest BCUT2D eigenvalue weighted by Gasteiger charge is -2.23. The molecular formula is C25H24N2O4. The Morgan fingerprint density at radius 3 is 2.61 bits per heavy atom. The fourth-order valence-electron chi connectivity index (χ4n) is 4.74. The second-order valence-electron chi connectivity index (χ2n) is 8.76. The molecular weight excluding hydrogens is 392 g/mol. The number of rotatable bonds is 3. The van der Waals surface area contributed by atoms with Crippen molar-refractivity contribution in [2.24, 2.45) is 0 Å². The van der Waals surface area contributed by atoms with Crippen molar-refractivity contribution >= 4 is 22.9 Å². The SMILES string of the molecule is Cc1ccc2c(CN3C(=O)N[C@@](C)(c4ccc5c(c4)CCC5)C3=O)cc(=O)oc2c1C. The Hall–Kier alpha value is -3.41. The van der Waals surface area contributed by atoms with E-state index in [0.29, 0.717) is 11.1 Å². The van der Waals surface area contributed by atoms with Gasteiger partial charge in [0.2, 0.25) is 0 Å². The molecule has 3 amide bonds. The number of hydrogen-bond donors (Lipinski definition) is 1. The van der Waals surface area contributed by atoms with Crippen LogP contribution in [0.5, 0.6) is 0 Å². The Morgan fingerprint density at radius 1 is 1.03 bits per heavy atom. The van der Waals surface area contributed by atoms with Gasteiger partial charge in [0.1, 0.15) is 11.1 Å². The summed E-state index contributed by atoms with van der Waals surface area (Å²) in [6.45, 7) is 5.59. The van der Waals surface area contributed by atoms with Crippen LogP contribution in [0.3, 0.4) is 0 Å². The first kappa shape index (κ1) is 19.5. The molecule has 0 saturated carbocycles. The molecule has 1 aliphatic carbocycles. The average Bonchev–Trinajstić information content (AvgIpc) is 3.29. The Balaban J connectivity index is 1.53. The van der Waals surface area contributed by atoms with Gasteiger partial charge in [-0.25, -0.2) is 9.59 Å². The number of fused-ring (bicyclic) bond motifs is 2.